The number of hydrogen-bond donors (Lipinski definition) is 0. The van der Waals surface area contributed by atoms with Gasteiger partial charge >= 0.3 is 5.97 Å². The van der Waals surface area contributed by atoms with Crippen LogP contribution in [0.15, 0.2) is 16.8 Å². The Morgan fingerprint density at radius 3 is 2.96 bits per heavy atom. The van der Waals surface area contributed by atoms with Crippen LogP contribution in [0.2, 0.25) is 0 Å². The largest absolute Gasteiger partial charge is 0.469 e. The molecular weight excluding hydrogens is 324 g/mol. The summed E-state index contributed by atoms with van der Waals surface area (Å²) in [6.45, 7) is 3.42. The quantitative estimate of drug-likeness (QED) is 0.764. The molecule has 24 heavy (non-hydrogen) atoms. The highest BCUT2D eigenvalue weighted by molar-refractivity contribution is 7.08. The maximum absolute atomic E-state index is 12.6. The third kappa shape index (κ3) is 4.16. The molecule has 1 amide bonds. The van der Waals surface area contributed by atoms with Crippen molar-refractivity contribution in [1.82, 2.24) is 9.80 Å². The molecule has 3 rings (SSSR count). The monoisotopic (exact) mass is 350 g/mol. The molecule has 1 aromatic heterocycles. The van der Waals surface area contributed by atoms with Crippen LogP contribution in [0, 0.1) is 5.92 Å². The molecule has 0 radical (unpaired) electrons. The van der Waals surface area contributed by atoms with Crippen LogP contribution in [0.1, 0.15) is 31.2 Å². The molecule has 2 aliphatic heterocycles. The highest BCUT2D eigenvalue weighted by Gasteiger charge is 2.39. The van der Waals surface area contributed by atoms with Gasteiger partial charge in [0.2, 0.25) is 5.91 Å². The number of ether oxygens (including phenoxy) is 1. The molecule has 1 aromatic rings. The third-order valence-electron chi connectivity index (χ3n) is 5.26. The van der Waals surface area contributed by atoms with Gasteiger partial charge in [-0.25, -0.2) is 0 Å². The molecule has 5 nitrogen and oxygen atoms in total. The van der Waals surface area contributed by atoms with E-state index in [1.807, 2.05) is 16.3 Å². The predicted octanol–water partition coefficient (Wildman–Crippen LogP) is 2.17. The predicted molar refractivity (Wildman–Crippen MR) is 93.9 cm³/mol. The Kier molecular flexibility index (Phi) is 5.89. The Labute approximate surface area is 147 Å². The lowest BCUT2D eigenvalue weighted by atomic mass is 9.98. The van der Waals surface area contributed by atoms with E-state index in [-0.39, 0.29) is 11.9 Å². The van der Waals surface area contributed by atoms with Gasteiger partial charge in [-0.2, -0.15) is 11.3 Å². The molecular formula is C18H26N2O3S. The molecule has 2 atom stereocenters. The first-order valence-corrected chi connectivity index (χ1v) is 9.71. The van der Waals surface area contributed by atoms with Gasteiger partial charge in [0.1, 0.15) is 0 Å². The van der Waals surface area contributed by atoms with E-state index in [1.165, 1.54) is 26.4 Å². The standard InChI is InChI=1S/C18H26N2O3S/c1-23-18(22)5-8-19-7-3-2-4-15-11-20(12-16(15)19)17(21)10-14-6-9-24-13-14/h6,9,13,15-16H,2-5,7-8,10-12H2,1H3/t15-,16+/m0/s1. The van der Waals surface area contributed by atoms with Crippen LogP contribution >= 0.6 is 11.3 Å². The van der Waals surface area contributed by atoms with Crippen LogP contribution in [0.3, 0.4) is 0 Å². The molecule has 132 valence electrons. The molecule has 0 unspecified atom stereocenters. The number of thiophene rings is 1. The Morgan fingerprint density at radius 2 is 2.21 bits per heavy atom. The van der Waals surface area contributed by atoms with Crippen molar-refractivity contribution in [2.45, 2.75) is 38.1 Å². The van der Waals surface area contributed by atoms with E-state index in [9.17, 15) is 9.59 Å². The van der Waals surface area contributed by atoms with Crippen LogP contribution < -0.4 is 0 Å². The molecule has 6 heteroatoms. The number of methoxy groups -OCH3 is 1. The number of fused-ring (bicyclic) bond motifs is 1. The molecule has 0 N–H and O–H groups in total. The fraction of sp³-hybridized carbons (Fsp3) is 0.667. The van der Waals surface area contributed by atoms with E-state index in [0.717, 1.165) is 31.7 Å². The first kappa shape index (κ1) is 17.4. The molecule has 0 bridgehead atoms. The third-order valence-corrected chi connectivity index (χ3v) is 6.00. The van der Waals surface area contributed by atoms with Crippen molar-refractivity contribution in [3.05, 3.63) is 22.4 Å². The Balaban J connectivity index is 1.60. The smallest absolute Gasteiger partial charge is 0.306 e. The van der Waals surface area contributed by atoms with Crippen LogP contribution in [-0.2, 0) is 20.7 Å². The summed E-state index contributed by atoms with van der Waals surface area (Å²) in [5.41, 5.74) is 1.11. The molecule has 2 aliphatic rings. The van der Waals surface area contributed by atoms with Crippen molar-refractivity contribution >= 4 is 23.2 Å². The second-order valence-electron chi connectivity index (χ2n) is 6.79. The first-order valence-electron chi connectivity index (χ1n) is 8.77. The fourth-order valence-electron chi connectivity index (χ4n) is 3.94. The van der Waals surface area contributed by atoms with Crippen molar-refractivity contribution < 1.29 is 14.3 Å². The minimum Gasteiger partial charge on any atom is -0.469 e. The Hall–Kier alpha value is -1.40. The highest BCUT2D eigenvalue weighted by atomic mass is 32.1. The van der Waals surface area contributed by atoms with E-state index in [2.05, 4.69) is 10.3 Å². The molecule has 0 aromatic carbocycles. The number of amides is 1. The SMILES string of the molecule is COC(=O)CCN1CCCC[C@H]2CN(C(=O)Cc3ccsc3)C[C@H]21. The number of rotatable bonds is 5. The molecule has 0 aliphatic carbocycles. The lowest BCUT2D eigenvalue weighted by Gasteiger charge is -2.29. The van der Waals surface area contributed by atoms with E-state index in [1.54, 1.807) is 11.3 Å². The van der Waals surface area contributed by atoms with Gasteiger partial charge in [0.15, 0.2) is 0 Å². The number of nitrogens with zero attached hydrogens (tertiary/aromatic N) is 2. The zero-order chi connectivity index (χ0) is 16.9. The number of likely N-dealkylation sites (tertiary alicyclic amines) is 2. The number of carbonyl (C=O) groups excluding carboxylic acids is 2. The minimum atomic E-state index is -0.154. The number of esters is 1. The summed E-state index contributed by atoms with van der Waals surface area (Å²) in [6, 6.07) is 2.42. The second kappa shape index (κ2) is 8.12. The van der Waals surface area contributed by atoms with Crippen LogP contribution in [0.25, 0.3) is 0 Å². The summed E-state index contributed by atoms with van der Waals surface area (Å²) in [4.78, 5) is 28.5. The van der Waals surface area contributed by atoms with Crippen LogP contribution in [-0.4, -0.2) is 61.0 Å². The van der Waals surface area contributed by atoms with E-state index >= 15 is 0 Å². The molecule has 3 heterocycles. The minimum absolute atomic E-state index is 0.154. The van der Waals surface area contributed by atoms with Crippen LogP contribution in [0.5, 0.6) is 0 Å². The highest BCUT2D eigenvalue weighted by Crippen LogP contribution is 2.30. The summed E-state index contributed by atoms with van der Waals surface area (Å²) < 4.78 is 4.77. The molecule has 2 saturated heterocycles. The number of carbonyl (C=O) groups is 2. The van der Waals surface area contributed by atoms with Crippen LogP contribution in [0.4, 0.5) is 0 Å². The van der Waals surface area contributed by atoms with Crippen molar-refractivity contribution in [3.8, 4) is 0 Å². The fourth-order valence-corrected chi connectivity index (χ4v) is 4.61. The van der Waals surface area contributed by atoms with Gasteiger partial charge in [-0.15, -0.1) is 0 Å². The van der Waals surface area contributed by atoms with E-state index in [0.29, 0.717) is 24.8 Å². The molecule has 0 spiro atoms. The topological polar surface area (TPSA) is 49.9 Å². The first-order chi connectivity index (χ1) is 11.7. The van der Waals surface area contributed by atoms with Crippen molar-refractivity contribution in [1.29, 1.82) is 0 Å². The van der Waals surface area contributed by atoms with Gasteiger partial charge in [-0.1, -0.05) is 6.42 Å². The van der Waals surface area contributed by atoms with Crippen molar-refractivity contribution in [2.75, 3.05) is 33.3 Å². The summed E-state index contributed by atoms with van der Waals surface area (Å²) in [5.74, 6) is 0.616. The summed E-state index contributed by atoms with van der Waals surface area (Å²) in [7, 11) is 1.44. The Morgan fingerprint density at radius 1 is 1.33 bits per heavy atom. The average Bonchev–Trinajstić information content (AvgIpc) is 3.20. The maximum Gasteiger partial charge on any atom is 0.306 e. The van der Waals surface area contributed by atoms with E-state index < -0.39 is 0 Å². The lowest BCUT2D eigenvalue weighted by molar-refractivity contribution is -0.141. The summed E-state index contributed by atoms with van der Waals surface area (Å²) in [5, 5.41) is 4.07. The Bertz CT molecular complexity index is 561. The average molecular weight is 350 g/mol. The summed E-state index contributed by atoms with van der Waals surface area (Å²) >= 11 is 1.64. The van der Waals surface area contributed by atoms with E-state index in [4.69, 9.17) is 4.74 Å². The van der Waals surface area contributed by atoms with Gasteiger partial charge in [0.25, 0.3) is 0 Å². The van der Waals surface area contributed by atoms with Crippen molar-refractivity contribution in [2.24, 2.45) is 5.92 Å². The normalized spacial score (nSPS) is 24.5. The van der Waals surface area contributed by atoms with Gasteiger partial charge in [0, 0.05) is 25.7 Å². The maximum atomic E-state index is 12.6. The van der Waals surface area contributed by atoms with Gasteiger partial charge < -0.3 is 9.64 Å². The zero-order valence-corrected chi connectivity index (χ0v) is 15.1. The second-order valence-corrected chi connectivity index (χ2v) is 7.57. The molecule has 2 fully saturated rings. The summed E-state index contributed by atoms with van der Waals surface area (Å²) in [6.07, 6.45) is 4.51. The molecule has 0 saturated carbocycles. The van der Waals surface area contributed by atoms with Gasteiger partial charge in [0.05, 0.1) is 20.0 Å². The lowest BCUT2D eigenvalue weighted by Crippen LogP contribution is -2.42. The van der Waals surface area contributed by atoms with Crippen molar-refractivity contribution in [3.63, 3.8) is 0 Å². The van der Waals surface area contributed by atoms with Gasteiger partial charge in [-0.3, -0.25) is 14.5 Å². The zero-order valence-electron chi connectivity index (χ0n) is 14.3. The van der Waals surface area contributed by atoms with Gasteiger partial charge in [-0.05, 0) is 47.7 Å². The number of hydrogen-bond acceptors (Lipinski definition) is 5.